The standard InChI is InChI=1S/C6H13NO.ClH/c1-8-6-4-2-3-5(6)7;/h5-6H,2-4,7H2,1H3;1H/t5-,6+;/m1./s1. The van der Waals surface area contributed by atoms with Crippen LogP contribution in [0.4, 0.5) is 0 Å². The summed E-state index contributed by atoms with van der Waals surface area (Å²) in [7, 11) is 1.73. The molecule has 0 unspecified atom stereocenters. The Bertz CT molecular complexity index is 79.5. The minimum absolute atomic E-state index is 0. The number of hydrogen-bond acceptors (Lipinski definition) is 2. The maximum absolute atomic E-state index is 5.66. The van der Waals surface area contributed by atoms with E-state index in [1.54, 1.807) is 7.11 Å². The molecule has 56 valence electrons. The first-order valence-electron chi connectivity index (χ1n) is 3.13. The molecule has 2 N–H and O–H groups in total. The van der Waals surface area contributed by atoms with Crippen LogP contribution in [0.5, 0.6) is 0 Å². The fourth-order valence-corrected chi connectivity index (χ4v) is 1.25. The van der Waals surface area contributed by atoms with Crippen LogP contribution in [-0.2, 0) is 4.74 Å². The Morgan fingerprint density at radius 3 is 2.33 bits per heavy atom. The lowest BCUT2D eigenvalue weighted by Crippen LogP contribution is -2.30. The molecule has 0 aromatic carbocycles. The normalized spacial score (nSPS) is 34.0. The van der Waals surface area contributed by atoms with Crippen LogP contribution in [0.3, 0.4) is 0 Å². The Labute approximate surface area is 62.2 Å². The van der Waals surface area contributed by atoms with Crippen LogP contribution in [0.2, 0.25) is 0 Å². The molecular weight excluding hydrogens is 138 g/mol. The topological polar surface area (TPSA) is 35.2 Å². The first kappa shape index (κ1) is 9.21. The van der Waals surface area contributed by atoms with Crippen molar-refractivity contribution < 1.29 is 4.74 Å². The van der Waals surface area contributed by atoms with Gasteiger partial charge < -0.3 is 10.5 Å². The quantitative estimate of drug-likeness (QED) is 0.606. The van der Waals surface area contributed by atoms with Gasteiger partial charge >= 0.3 is 0 Å². The Morgan fingerprint density at radius 2 is 2.11 bits per heavy atom. The smallest absolute Gasteiger partial charge is 0.0722 e. The molecule has 1 aliphatic rings. The fraction of sp³-hybridized carbons (Fsp3) is 1.00. The molecule has 1 rings (SSSR count). The SMILES string of the molecule is CO[C@H]1CCC[C@H]1N.Cl. The lowest BCUT2D eigenvalue weighted by atomic mass is 10.2. The molecule has 0 heterocycles. The van der Waals surface area contributed by atoms with Gasteiger partial charge in [0.1, 0.15) is 0 Å². The molecule has 0 aliphatic heterocycles. The van der Waals surface area contributed by atoms with Crippen LogP contribution in [-0.4, -0.2) is 19.3 Å². The second-order valence-corrected chi connectivity index (χ2v) is 2.37. The number of halogens is 1. The van der Waals surface area contributed by atoms with Gasteiger partial charge in [-0.25, -0.2) is 0 Å². The summed E-state index contributed by atoms with van der Waals surface area (Å²) in [6.07, 6.45) is 3.87. The fourth-order valence-electron chi connectivity index (χ4n) is 1.25. The molecular formula is C6H14ClNO. The van der Waals surface area contributed by atoms with Crippen LogP contribution < -0.4 is 5.73 Å². The minimum Gasteiger partial charge on any atom is -0.380 e. The van der Waals surface area contributed by atoms with Gasteiger partial charge in [-0.3, -0.25) is 0 Å². The molecule has 1 fully saturated rings. The summed E-state index contributed by atoms with van der Waals surface area (Å²) in [6, 6.07) is 0.306. The average Bonchev–Trinajstić information content (AvgIpc) is 2.14. The van der Waals surface area contributed by atoms with Crippen LogP contribution in [0.1, 0.15) is 19.3 Å². The zero-order valence-electron chi connectivity index (χ0n) is 5.67. The van der Waals surface area contributed by atoms with E-state index in [2.05, 4.69) is 0 Å². The summed E-state index contributed by atoms with van der Waals surface area (Å²) in [5.74, 6) is 0. The molecule has 0 amide bonds. The third-order valence-corrected chi connectivity index (χ3v) is 1.81. The molecule has 2 nitrogen and oxygen atoms in total. The summed E-state index contributed by atoms with van der Waals surface area (Å²) >= 11 is 0. The minimum atomic E-state index is 0. The van der Waals surface area contributed by atoms with E-state index in [1.807, 2.05) is 0 Å². The molecule has 1 saturated carbocycles. The van der Waals surface area contributed by atoms with E-state index in [1.165, 1.54) is 6.42 Å². The Morgan fingerprint density at radius 1 is 1.44 bits per heavy atom. The highest BCUT2D eigenvalue weighted by Crippen LogP contribution is 2.18. The van der Waals surface area contributed by atoms with Gasteiger partial charge in [-0.1, -0.05) is 0 Å². The number of rotatable bonds is 1. The third-order valence-electron chi connectivity index (χ3n) is 1.81. The molecule has 0 aromatic heterocycles. The summed E-state index contributed by atoms with van der Waals surface area (Å²) in [6.45, 7) is 0. The maximum atomic E-state index is 5.66. The maximum Gasteiger partial charge on any atom is 0.0722 e. The van der Waals surface area contributed by atoms with Crippen molar-refractivity contribution in [1.29, 1.82) is 0 Å². The van der Waals surface area contributed by atoms with Crippen molar-refractivity contribution in [3.05, 3.63) is 0 Å². The molecule has 2 atom stereocenters. The van der Waals surface area contributed by atoms with Crippen LogP contribution in [0.25, 0.3) is 0 Å². The molecule has 0 saturated heterocycles. The number of methoxy groups -OCH3 is 1. The molecule has 9 heavy (non-hydrogen) atoms. The summed E-state index contributed by atoms with van der Waals surface area (Å²) in [5.41, 5.74) is 5.66. The Kier molecular flexibility index (Phi) is 4.19. The number of ether oxygens (including phenoxy) is 1. The number of hydrogen-bond donors (Lipinski definition) is 1. The highest BCUT2D eigenvalue weighted by Gasteiger charge is 2.22. The van der Waals surface area contributed by atoms with E-state index in [0.717, 1.165) is 12.8 Å². The highest BCUT2D eigenvalue weighted by molar-refractivity contribution is 5.85. The molecule has 1 aliphatic carbocycles. The van der Waals surface area contributed by atoms with E-state index in [0.29, 0.717) is 12.1 Å². The van der Waals surface area contributed by atoms with E-state index in [9.17, 15) is 0 Å². The second-order valence-electron chi connectivity index (χ2n) is 2.37. The summed E-state index contributed by atoms with van der Waals surface area (Å²) in [4.78, 5) is 0. The van der Waals surface area contributed by atoms with Crippen molar-refractivity contribution in [1.82, 2.24) is 0 Å². The lowest BCUT2D eigenvalue weighted by molar-refractivity contribution is 0.0960. The van der Waals surface area contributed by atoms with Gasteiger partial charge in [0.05, 0.1) is 6.10 Å². The van der Waals surface area contributed by atoms with Gasteiger partial charge in [0.25, 0.3) is 0 Å². The third kappa shape index (κ3) is 2.12. The van der Waals surface area contributed by atoms with Crippen molar-refractivity contribution >= 4 is 12.4 Å². The average molecular weight is 152 g/mol. The summed E-state index contributed by atoms with van der Waals surface area (Å²) in [5, 5.41) is 0. The lowest BCUT2D eigenvalue weighted by Gasteiger charge is -2.11. The van der Waals surface area contributed by atoms with Crippen molar-refractivity contribution in [3.63, 3.8) is 0 Å². The van der Waals surface area contributed by atoms with Gasteiger partial charge in [-0.2, -0.15) is 0 Å². The van der Waals surface area contributed by atoms with Gasteiger partial charge in [0.15, 0.2) is 0 Å². The predicted molar refractivity (Wildman–Crippen MR) is 39.9 cm³/mol. The van der Waals surface area contributed by atoms with Gasteiger partial charge in [0, 0.05) is 13.2 Å². The highest BCUT2D eigenvalue weighted by atomic mass is 35.5. The van der Waals surface area contributed by atoms with E-state index in [4.69, 9.17) is 10.5 Å². The summed E-state index contributed by atoms with van der Waals surface area (Å²) < 4.78 is 5.10. The monoisotopic (exact) mass is 151 g/mol. The van der Waals surface area contributed by atoms with Crippen LogP contribution in [0, 0.1) is 0 Å². The Hall–Kier alpha value is 0.210. The Balaban J connectivity index is 0.000000640. The van der Waals surface area contributed by atoms with Crippen LogP contribution >= 0.6 is 12.4 Å². The first-order chi connectivity index (χ1) is 3.84. The molecule has 0 bridgehead atoms. The molecule has 0 aromatic rings. The second kappa shape index (κ2) is 4.09. The van der Waals surface area contributed by atoms with E-state index in [-0.39, 0.29) is 12.4 Å². The number of nitrogens with two attached hydrogens (primary N) is 1. The predicted octanol–water partition coefficient (Wildman–Crippen LogP) is 0.934. The molecule has 3 heteroatoms. The van der Waals surface area contributed by atoms with Gasteiger partial charge in [-0.15, -0.1) is 12.4 Å². The van der Waals surface area contributed by atoms with E-state index >= 15 is 0 Å². The van der Waals surface area contributed by atoms with Crippen molar-refractivity contribution in [2.45, 2.75) is 31.4 Å². The zero-order chi connectivity index (χ0) is 5.98. The van der Waals surface area contributed by atoms with Crippen molar-refractivity contribution in [3.8, 4) is 0 Å². The first-order valence-corrected chi connectivity index (χ1v) is 3.13. The van der Waals surface area contributed by atoms with Crippen molar-refractivity contribution in [2.75, 3.05) is 7.11 Å². The van der Waals surface area contributed by atoms with Gasteiger partial charge in [0.2, 0.25) is 0 Å². The molecule has 0 spiro atoms. The zero-order valence-corrected chi connectivity index (χ0v) is 6.49. The van der Waals surface area contributed by atoms with Crippen LogP contribution in [0.15, 0.2) is 0 Å². The van der Waals surface area contributed by atoms with Gasteiger partial charge in [-0.05, 0) is 19.3 Å². The largest absolute Gasteiger partial charge is 0.380 e. The van der Waals surface area contributed by atoms with E-state index < -0.39 is 0 Å². The molecule has 0 radical (unpaired) electrons. The van der Waals surface area contributed by atoms with Crippen molar-refractivity contribution in [2.24, 2.45) is 5.73 Å².